The van der Waals surface area contributed by atoms with E-state index in [1.165, 1.54) is 11.1 Å². The number of hydrogen-bond acceptors (Lipinski definition) is 3. The van der Waals surface area contributed by atoms with Crippen molar-refractivity contribution in [2.24, 2.45) is 10.7 Å². The monoisotopic (exact) mass is 318 g/mol. The van der Waals surface area contributed by atoms with Crippen LogP contribution >= 0.6 is 0 Å². The van der Waals surface area contributed by atoms with Crippen LogP contribution in [0.4, 0.5) is 5.82 Å². The summed E-state index contributed by atoms with van der Waals surface area (Å²) < 4.78 is 2.13. The maximum Gasteiger partial charge on any atom is 0.248 e. The molecular weight excluding hydrogens is 298 g/mol. The number of anilines is 1. The van der Waals surface area contributed by atoms with Crippen LogP contribution in [0.25, 0.3) is 0 Å². The topological polar surface area (TPSA) is 61.3 Å². The molecule has 0 aliphatic carbocycles. The fourth-order valence-corrected chi connectivity index (χ4v) is 3.06. The summed E-state index contributed by atoms with van der Waals surface area (Å²) in [6.07, 6.45) is 1.98. The van der Waals surface area contributed by atoms with Gasteiger partial charge in [0.1, 0.15) is 13.2 Å². The average molecular weight is 318 g/mol. The van der Waals surface area contributed by atoms with Crippen molar-refractivity contribution in [1.29, 1.82) is 0 Å². The normalized spacial score (nSPS) is 13.5. The van der Waals surface area contributed by atoms with Gasteiger partial charge in [0.05, 0.1) is 0 Å². The Morgan fingerprint density at radius 3 is 2.38 bits per heavy atom. The molecule has 5 nitrogen and oxygen atoms in total. The number of aromatic nitrogens is 2. The average Bonchev–Trinajstić information content (AvgIpc) is 3.04. The van der Waals surface area contributed by atoms with Crippen molar-refractivity contribution in [3.05, 3.63) is 83.8 Å². The molecule has 0 saturated heterocycles. The summed E-state index contributed by atoms with van der Waals surface area (Å²) in [5.74, 6) is 1.62. The zero-order valence-corrected chi connectivity index (χ0v) is 13.4. The number of fused-ring (bicyclic) bond motifs is 1. The first-order valence-corrected chi connectivity index (χ1v) is 8.05. The van der Waals surface area contributed by atoms with E-state index in [2.05, 4.69) is 55.8 Å². The molecule has 0 radical (unpaired) electrons. The number of rotatable bonds is 4. The Labute approximate surface area is 141 Å². The number of imidazole rings is 1. The third kappa shape index (κ3) is 2.76. The highest BCUT2D eigenvalue weighted by Crippen LogP contribution is 2.21. The van der Waals surface area contributed by atoms with E-state index in [1.54, 1.807) is 0 Å². The highest BCUT2D eigenvalue weighted by molar-refractivity contribution is 5.99. The van der Waals surface area contributed by atoms with Crippen LogP contribution in [0.1, 0.15) is 16.8 Å². The maximum absolute atomic E-state index is 6.18. The molecule has 0 unspecified atom stereocenters. The predicted octanol–water partition coefficient (Wildman–Crippen LogP) is 2.03. The second kappa shape index (κ2) is 6.20. The Bertz CT molecular complexity index is 852. The summed E-state index contributed by atoms with van der Waals surface area (Å²) in [6, 6.07) is 20.8. The van der Waals surface area contributed by atoms with E-state index in [-0.39, 0.29) is 0 Å². The molecule has 0 fully saturated rings. The van der Waals surface area contributed by atoms with Gasteiger partial charge in [-0.3, -0.25) is 0 Å². The van der Waals surface area contributed by atoms with E-state index in [0.29, 0.717) is 12.5 Å². The first kappa shape index (κ1) is 14.5. The van der Waals surface area contributed by atoms with Crippen LogP contribution in [0.3, 0.4) is 0 Å². The number of benzene rings is 2. The van der Waals surface area contributed by atoms with Crippen molar-refractivity contribution in [3.63, 3.8) is 0 Å². The van der Waals surface area contributed by atoms with Crippen molar-refractivity contribution < 1.29 is 4.57 Å². The Morgan fingerprint density at radius 1 is 1.00 bits per heavy atom. The number of amidine groups is 1. The largest absolute Gasteiger partial charge is 0.380 e. The number of nitrogens with two attached hydrogens (primary N) is 1. The Hall–Kier alpha value is -3.08. The number of aromatic amines is 1. The van der Waals surface area contributed by atoms with Gasteiger partial charge in [0, 0.05) is 6.54 Å². The van der Waals surface area contributed by atoms with Crippen LogP contribution in [0.2, 0.25) is 0 Å². The van der Waals surface area contributed by atoms with Crippen LogP contribution in [0.5, 0.6) is 0 Å². The lowest BCUT2D eigenvalue weighted by Gasteiger charge is -2.23. The van der Waals surface area contributed by atoms with Crippen LogP contribution in [-0.4, -0.2) is 17.5 Å². The standard InChI is InChI=1S/C19H19N5/c20-18-17-19(22-14-23(17)11-15-7-3-1-4-8-15)24(13-21-18)12-16-9-5-2-6-10-16/h1-10,14H,11-13H2,(H2,20,21)/p+1. The lowest BCUT2D eigenvalue weighted by atomic mass is 10.2. The molecule has 0 amide bonds. The van der Waals surface area contributed by atoms with Crippen LogP contribution in [0, 0.1) is 0 Å². The summed E-state index contributed by atoms with van der Waals surface area (Å²) in [6.45, 7) is 2.14. The van der Waals surface area contributed by atoms with Crippen LogP contribution in [0.15, 0.2) is 72.0 Å². The number of nitrogens with one attached hydrogen (secondary N) is 1. The van der Waals surface area contributed by atoms with Crippen molar-refractivity contribution in [1.82, 2.24) is 4.98 Å². The Morgan fingerprint density at radius 2 is 1.67 bits per heavy atom. The molecule has 5 heteroatoms. The maximum atomic E-state index is 6.18. The van der Waals surface area contributed by atoms with Gasteiger partial charge in [-0.25, -0.2) is 14.5 Å². The van der Waals surface area contributed by atoms with Crippen molar-refractivity contribution >= 4 is 11.7 Å². The number of hydrogen-bond donors (Lipinski definition) is 2. The SMILES string of the molecule is NC1=NCN(Cc2ccccc2)c2[nH]c[n+](Cc3ccccc3)c21. The van der Waals surface area contributed by atoms with E-state index in [1.807, 2.05) is 30.6 Å². The highest BCUT2D eigenvalue weighted by atomic mass is 15.3. The fourth-order valence-electron chi connectivity index (χ4n) is 3.06. The first-order valence-electron chi connectivity index (χ1n) is 8.05. The van der Waals surface area contributed by atoms with E-state index in [4.69, 9.17) is 5.73 Å². The molecule has 0 spiro atoms. The van der Waals surface area contributed by atoms with Gasteiger partial charge in [0.25, 0.3) is 0 Å². The molecule has 2 aromatic carbocycles. The third-order valence-electron chi connectivity index (χ3n) is 4.25. The second-order valence-corrected chi connectivity index (χ2v) is 5.95. The van der Waals surface area contributed by atoms with Gasteiger partial charge in [-0.15, -0.1) is 0 Å². The minimum atomic E-state index is 0.569. The van der Waals surface area contributed by atoms with E-state index in [0.717, 1.165) is 24.6 Å². The van der Waals surface area contributed by atoms with Gasteiger partial charge < -0.3 is 10.6 Å². The summed E-state index contributed by atoms with van der Waals surface area (Å²) >= 11 is 0. The smallest absolute Gasteiger partial charge is 0.248 e. The minimum Gasteiger partial charge on any atom is -0.380 e. The molecule has 1 aromatic heterocycles. The predicted molar refractivity (Wildman–Crippen MR) is 94.7 cm³/mol. The van der Waals surface area contributed by atoms with Gasteiger partial charge in [0.2, 0.25) is 17.8 Å². The van der Waals surface area contributed by atoms with Crippen molar-refractivity contribution in [2.75, 3.05) is 11.6 Å². The first-order chi connectivity index (χ1) is 11.8. The lowest BCUT2D eigenvalue weighted by molar-refractivity contribution is -0.688. The summed E-state index contributed by atoms with van der Waals surface area (Å²) in [7, 11) is 0. The van der Waals surface area contributed by atoms with Gasteiger partial charge >= 0.3 is 0 Å². The molecule has 3 N–H and O–H groups in total. The summed E-state index contributed by atoms with van der Waals surface area (Å²) in [4.78, 5) is 10.1. The molecule has 0 bridgehead atoms. The van der Waals surface area contributed by atoms with Gasteiger partial charge in [-0.05, 0) is 11.1 Å². The molecule has 4 rings (SSSR count). The van der Waals surface area contributed by atoms with E-state index in [9.17, 15) is 0 Å². The molecule has 2 heterocycles. The highest BCUT2D eigenvalue weighted by Gasteiger charge is 2.29. The van der Waals surface area contributed by atoms with Gasteiger partial charge in [-0.1, -0.05) is 60.7 Å². The zero-order chi connectivity index (χ0) is 16.4. The molecule has 1 aliphatic rings. The van der Waals surface area contributed by atoms with Gasteiger partial charge in [-0.2, -0.15) is 0 Å². The summed E-state index contributed by atoms with van der Waals surface area (Å²) in [5.41, 5.74) is 9.63. The number of H-pyrrole nitrogens is 1. The molecule has 3 aromatic rings. The molecule has 0 atom stereocenters. The van der Waals surface area contributed by atoms with Gasteiger partial charge in [0.15, 0.2) is 5.84 Å². The molecule has 0 saturated carbocycles. The quantitative estimate of drug-likeness (QED) is 0.723. The minimum absolute atomic E-state index is 0.569. The lowest BCUT2D eigenvalue weighted by Crippen LogP contribution is -2.44. The number of aliphatic imine (C=N–C) groups is 1. The number of nitrogens with zero attached hydrogens (tertiary/aromatic N) is 3. The Kier molecular flexibility index (Phi) is 3.75. The Balaban J connectivity index is 1.64. The van der Waals surface area contributed by atoms with Crippen LogP contribution in [-0.2, 0) is 13.1 Å². The van der Waals surface area contributed by atoms with Crippen molar-refractivity contribution in [2.45, 2.75) is 13.1 Å². The molecule has 24 heavy (non-hydrogen) atoms. The van der Waals surface area contributed by atoms with E-state index < -0.39 is 0 Å². The van der Waals surface area contributed by atoms with Crippen LogP contribution < -0.4 is 15.2 Å². The van der Waals surface area contributed by atoms with Crippen molar-refractivity contribution in [3.8, 4) is 0 Å². The zero-order valence-electron chi connectivity index (χ0n) is 13.4. The van der Waals surface area contributed by atoms with E-state index >= 15 is 0 Å². The molecule has 120 valence electrons. The summed E-state index contributed by atoms with van der Waals surface area (Å²) in [5, 5.41) is 0. The third-order valence-corrected chi connectivity index (χ3v) is 4.25. The fraction of sp³-hybridized carbons (Fsp3) is 0.158. The second-order valence-electron chi connectivity index (χ2n) is 5.95. The molecule has 1 aliphatic heterocycles. The molecular formula is C19H20N5+.